The topological polar surface area (TPSA) is 12.4 Å². The molecular formula is C17H19N. The van der Waals surface area contributed by atoms with Crippen LogP contribution in [-0.2, 0) is 0 Å². The van der Waals surface area contributed by atoms with E-state index >= 15 is 0 Å². The number of benzene rings is 2. The smallest absolute Gasteiger partial charge is 0.0621 e. The second-order valence-corrected chi connectivity index (χ2v) is 5.82. The second kappa shape index (κ2) is 3.68. The first-order chi connectivity index (χ1) is 8.50. The molecule has 0 radical (unpaired) electrons. The highest BCUT2D eigenvalue weighted by molar-refractivity contribution is 6.12. The van der Waals surface area contributed by atoms with E-state index in [1.54, 1.807) is 0 Å². The average Bonchev–Trinajstić information content (AvgIpc) is 2.34. The van der Waals surface area contributed by atoms with Crippen LogP contribution in [0.4, 0.5) is 0 Å². The Morgan fingerprint density at radius 1 is 1.06 bits per heavy atom. The van der Waals surface area contributed by atoms with Crippen molar-refractivity contribution in [1.29, 1.82) is 0 Å². The van der Waals surface area contributed by atoms with Gasteiger partial charge in [0.05, 0.1) is 5.54 Å². The van der Waals surface area contributed by atoms with E-state index in [0.29, 0.717) is 5.92 Å². The minimum atomic E-state index is -0.000456. The molecule has 1 heteroatoms. The minimum absolute atomic E-state index is 0.000456. The van der Waals surface area contributed by atoms with E-state index in [-0.39, 0.29) is 5.54 Å². The fourth-order valence-electron chi connectivity index (χ4n) is 3.02. The predicted molar refractivity (Wildman–Crippen MR) is 78.7 cm³/mol. The Morgan fingerprint density at radius 2 is 1.78 bits per heavy atom. The van der Waals surface area contributed by atoms with Crippen molar-refractivity contribution in [1.82, 2.24) is 0 Å². The van der Waals surface area contributed by atoms with E-state index in [1.165, 1.54) is 27.6 Å². The summed E-state index contributed by atoms with van der Waals surface area (Å²) in [6, 6.07) is 13.1. The van der Waals surface area contributed by atoms with Gasteiger partial charge in [-0.1, -0.05) is 43.3 Å². The molecule has 1 aliphatic heterocycles. The summed E-state index contributed by atoms with van der Waals surface area (Å²) in [7, 11) is 0. The van der Waals surface area contributed by atoms with Crippen LogP contribution >= 0.6 is 0 Å². The maximum Gasteiger partial charge on any atom is 0.0621 e. The predicted octanol–water partition coefficient (Wildman–Crippen LogP) is 4.54. The van der Waals surface area contributed by atoms with Crippen LogP contribution in [-0.4, -0.2) is 11.3 Å². The van der Waals surface area contributed by atoms with E-state index in [0.717, 1.165) is 0 Å². The molecule has 0 spiro atoms. The van der Waals surface area contributed by atoms with Crippen LogP contribution in [0.1, 0.15) is 44.7 Å². The molecule has 92 valence electrons. The Balaban J connectivity index is 2.39. The van der Waals surface area contributed by atoms with Gasteiger partial charge < -0.3 is 0 Å². The molecule has 0 aliphatic carbocycles. The van der Waals surface area contributed by atoms with Crippen molar-refractivity contribution in [3.05, 3.63) is 47.5 Å². The third kappa shape index (κ3) is 1.50. The van der Waals surface area contributed by atoms with Crippen LogP contribution in [0.5, 0.6) is 0 Å². The molecule has 0 N–H and O–H groups in total. The molecule has 1 heterocycles. The van der Waals surface area contributed by atoms with Crippen molar-refractivity contribution in [2.24, 2.45) is 4.99 Å². The molecule has 0 aromatic heterocycles. The molecule has 3 rings (SSSR count). The lowest BCUT2D eigenvalue weighted by atomic mass is 9.77. The average molecular weight is 237 g/mol. The van der Waals surface area contributed by atoms with Crippen LogP contribution < -0.4 is 0 Å². The first kappa shape index (κ1) is 11.5. The summed E-state index contributed by atoms with van der Waals surface area (Å²) in [6.45, 7) is 8.86. The highest BCUT2D eigenvalue weighted by atomic mass is 14.9. The molecule has 1 atom stereocenters. The lowest BCUT2D eigenvalue weighted by Crippen LogP contribution is -2.31. The first-order valence-electron chi connectivity index (χ1n) is 6.59. The molecule has 0 bridgehead atoms. The van der Waals surface area contributed by atoms with Crippen molar-refractivity contribution in [2.45, 2.75) is 39.2 Å². The monoisotopic (exact) mass is 237 g/mol. The molecule has 0 fully saturated rings. The zero-order valence-electron chi connectivity index (χ0n) is 11.5. The van der Waals surface area contributed by atoms with Crippen LogP contribution in [0.3, 0.4) is 0 Å². The third-order valence-electron chi connectivity index (χ3n) is 4.31. The van der Waals surface area contributed by atoms with Gasteiger partial charge in [0.15, 0.2) is 0 Å². The molecule has 2 aromatic rings. The van der Waals surface area contributed by atoms with Gasteiger partial charge in [0, 0.05) is 17.2 Å². The Morgan fingerprint density at radius 3 is 2.56 bits per heavy atom. The highest BCUT2D eigenvalue weighted by Gasteiger charge is 2.33. The second-order valence-electron chi connectivity index (χ2n) is 5.82. The zero-order chi connectivity index (χ0) is 12.9. The number of fused-ring (bicyclic) bond motifs is 3. The Kier molecular flexibility index (Phi) is 2.34. The lowest BCUT2D eigenvalue weighted by molar-refractivity contribution is 0.432. The van der Waals surface area contributed by atoms with Gasteiger partial charge >= 0.3 is 0 Å². The number of hydrogen-bond donors (Lipinski definition) is 0. The molecule has 0 unspecified atom stereocenters. The Hall–Kier alpha value is -1.63. The van der Waals surface area contributed by atoms with Crippen molar-refractivity contribution in [3.8, 4) is 0 Å². The van der Waals surface area contributed by atoms with Crippen LogP contribution in [0.15, 0.2) is 41.4 Å². The molecule has 0 amide bonds. The quantitative estimate of drug-likeness (QED) is 0.637. The van der Waals surface area contributed by atoms with Gasteiger partial charge in [0.1, 0.15) is 0 Å². The van der Waals surface area contributed by atoms with Gasteiger partial charge in [0.2, 0.25) is 0 Å². The van der Waals surface area contributed by atoms with Crippen molar-refractivity contribution in [3.63, 3.8) is 0 Å². The lowest BCUT2D eigenvalue weighted by Gasteiger charge is -2.35. The number of nitrogens with zero attached hydrogens (tertiary/aromatic N) is 1. The van der Waals surface area contributed by atoms with E-state index in [9.17, 15) is 0 Å². The molecule has 0 saturated heterocycles. The van der Waals surface area contributed by atoms with E-state index < -0.39 is 0 Å². The third-order valence-corrected chi connectivity index (χ3v) is 4.31. The van der Waals surface area contributed by atoms with Crippen LogP contribution in [0.25, 0.3) is 10.8 Å². The molecule has 18 heavy (non-hydrogen) atoms. The molecule has 1 nitrogen and oxygen atoms in total. The summed E-state index contributed by atoms with van der Waals surface area (Å²) >= 11 is 0. The summed E-state index contributed by atoms with van der Waals surface area (Å²) in [5.74, 6) is 0.459. The fourth-order valence-corrected chi connectivity index (χ4v) is 3.02. The van der Waals surface area contributed by atoms with Gasteiger partial charge in [-0.15, -0.1) is 0 Å². The van der Waals surface area contributed by atoms with Crippen molar-refractivity contribution in [2.75, 3.05) is 0 Å². The summed E-state index contributed by atoms with van der Waals surface area (Å²) < 4.78 is 0. The normalized spacial score (nSPS) is 21.6. The van der Waals surface area contributed by atoms with Gasteiger partial charge in [-0.25, -0.2) is 0 Å². The first-order valence-corrected chi connectivity index (χ1v) is 6.59. The van der Waals surface area contributed by atoms with Gasteiger partial charge in [-0.2, -0.15) is 0 Å². The van der Waals surface area contributed by atoms with Crippen molar-refractivity contribution < 1.29 is 0 Å². The highest BCUT2D eigenvalue weighted by Crippen LogP contribution is 2.40. The van der Waals surface area contributed by atoms with Crippen LogP contribution in [0.2, 0.25) is 0 Å². The molecule has 0 saturated carbocycles. The maximum absolute atomic E-state index is 4.90. The SMILES string of the molecule is CC1=NC(C)(C)[C@H](C)c2ccc3ccccc3c21. The summed E-state index contributed by atoms with van der Waals surface area (Å²) in [5.41, 5.74) is 3.95. The molecule has 1 aliphatic rings. The van der Waals surface area contributed by atoms with Gasteiger partial charge in [-0.3, -0.25) is 4.99 Å². The van der Waals surface area contributed by atoms with Crippen molar-refractivity contribution >= 4 is 16.5 Å². The Labute approximate surface area is 109 Å². The number of rotatable bonds is 0. The van der Waals surface area contributed by atoms with Gasteiger partial charge in [-0.05, 0) is 37.1 Å². The summed E-state index contributed by atoms with van der Waals surface area (Å²) in [4.78, 5) is 4.90. The summed E-state index contributed by atoms with van der Waals surface area (Å²) in [5, 5.41) is 2.64. The fraction of sp³-hybridized carbons (Fsp3) is 0.353. The van der Waals surface area contributed by atoms with Gasteiger partial charge in [0.25, 0.3) is 0 Å². The van der Waals surface area contributed by atoms with Crippen LogP contribution in [0, 0.1) is 0 Å². The standard InChI is InChI=1S/C17H19N/c1-11-14-10-9-13-7-5-6-8-15(13)16(14)12(2)18-17(11,3)4/h5-11H,1-4H3/t11-/m1/s1. The maximum atomic E-state index is 4.90. The summed E-state index contributed by atoms with van der Waals surface area (Å²) in [6.07, 6.45) is 0. The zero-order valence-corrected chi connectivity index (χ0v) is 11.5. The number of hydrogen-bond acceptors (Lipinski definition) is 1. The number of aliphatic imine (C=N–C) groups is 1. The van der Waals surface area contributed by atoms with E-state index in [4.69, 9.17) is 4.99 Å². The molecule has 2 aromatic carbocycles. The Bertz CT molecular complexity index is 650. The largest absolute Gasteiger partial charge is 0.283 e. The van der Waals surface area contributed by atoms with E-state index in [1.807, 2.05) is 0 Å². The van der Waals surface area contributed by atoms with E-state index in [2.05, 4.69) is 64.1 Å². The minimum Gasteiger partial charge on any atom is -0.283 e. The molecular weight excluding hydrogens is 218 g/mol.